The van der Waals surface area contributed by atoms with Gasteiger partial charge in [-0.25, -0.2) is 0 Å². The Kier molecular flexibility index (Phi) is 3.42. The average Bonchev–Trinajstić information content (AvgIpc) is 2.93. The third kappa shape index (κ3) is 1.69. The summed E-state index contributed by atoms with van der Waals surface area (Å²) in [4.78, 5) is 15.1. The molecule has 0 fully saturated rings. The Morgan fingerprint density at radius 3 is 2.59 bits per heavy atom. The van der Waals surface area contributed by atoms with Crippen LogP contribution < -0.4 is 10.6 Å². The predicted octanol–water partition coefficient (Wildman–Crippen LogP) is 2.41. The number of carbonyl (C=O) groups excluding carboxylic acids is 1. The molecule has 6 nitrogen and oxygen atoms in total. The van der Waals surface area contributed by atoms with E-state index < -0.39 is 16.7 Å². The van der Waals surface area contributed by atoms with E-state index in [1.165, 1.54) is 0 Å². The van der Waals surface area contributed by atoms with E-state index in [9.17, 15) is 20.6 Å². The van der Waals surface area contributed by atoms with E-state index in [1.54, 1.807) is 11.9 Å². The molecule has 1 amide bonds. The van der Waals surface area contributed by atoms with Gasteiger partial charge in [0.1, 0.15) is 5.41 Å². The summed E-state index contributed by atoms with van der Waals surface area (Å²) < 4.78 is 0. The summed E-state index contributed by atoms with van der Waals surface area (Å²) in [5.74, 6) is -0.670. The van der Waals surface area contributed by atoms with E-state index in [2.05, 4.69) is 6.07 Å². The number of amides is 1. The monoisotopic (exact) mass is 355 g/mol. The van der Waals surface area contributed by atoms with Crippen LogP contribution in [0.2, 0.25) is 0 Å². The first-order valence-corrected chi connectivity index (χ1v) is 8.82. The third-order valence-electron chi connectivity index (χ3n) is 6.24. The molecule has 27 heavy (non-hydrogen) atoms. The molecule has 132 valence electrons. The van der Waals surface area contributed by atoms with Crippen molar-refractivity contribution in [3.8, 4) is 18.2 Å². The van der Waals surface area contributed by atoms with Crippen LogP contribution in [0, 0.1) is 45.3 Å². The highest BCUT2D eigenvalue weighted by Crippen LogP contribution is 2.61. The molecule has 1 spiro atoms. The largest absolute Gasteiger partial charge is 0.399 e. The van der Waals surface area contributed by atoms with Crippen LogP contribution in [0.25, 0.3) is 0 Å². The number of allylic oxidation sites excluding steroid dienone is 2. The van der Waals surface area contributed by atoms with Crippen LogP contribution in [0.3, 0.4) is 0 Å². The molecule has 0 saturated heterocycles. The number of nitrogens with zero attached hydrogens (tertiary/aromatic N) is 4. The molecule has 0 saturated carbocycles. The molecule has 1 aliphatic heterocycles. The van der Waals surface area contributed by atoms with Gasteiger partial charge < -0.3 is 10.6 Å². The van der Waals surface area contributed by atoms with Crippen molar-refractivity contribution in [3.63, 3.8) is 0 Å². The molecule has 0 aromatic heterocycles. The van der Waals surface area contributed by atoms with Gasteiger partial charge in [0.15, 0.2) is 0 Å². The molecular weight excluding hydrogens is 338 g/mol. The molecule has 0 unspecified atom stereocenters. The first-order chi connectivity index (χ1) is 13.0. The number of hydrogen-bond acceptors (Lipinski definition) is 5. The van der Waals surface area contributed by atoms with E-state index in [0.29, 0.717) is 18.4 Å². The lowest BCUT2D eigenvalue weighted by Gasteiger charge is -2.47. The smallest absolute Gasteiger partial charge is 0.243 e. The first kappa shape index (κ1) is 16.9. The molecule has 3 aliphatic rings. The van der Waals surface area contributed by atoms with E-state index in [-0.39, 0.29) is 17.2 Å². The molecule has 0 radical (unpaired) electrons. The van der Waals surface area contributed by atoms with Gasteiger partial charge in [-0.3, -0.25) is 4.79 Å². The number of nitrogens with two attached hydrogens (primary N) is 1. The molecule has 4 rings (SSSR count). The number of benzene rings is 1. The second kappa shape index (κ2) is 5.47. The minimum absolute atomic E-state index is 0.0384. The van der Waals surface area contributed by atoms with Crippen molar-refractivity contribution >= 4 is 11.6 Å². The van der Waals surface area contributed by atoms with Gasteiger partial charge in [0.05, 0.1) is 29.5 Å². The number of hydrogen-bond donors (Lipinski definition) is 1. The second-order valence-electron chi connectivity index (χ2n) is 7.21. The molecule has 2 N–H and O–H groups in total. The summed E-state index contributed by atoms with van der Waals surface area (Å²) in [6.45, 7) is 0. The number of fused-ring (bicyclic) bond motifs is 4. The minimum Gasteiger partial charge on any atom is -0.399 e. The summed E-state index contributed by atoms with van der Waals surface area (Å²) in [6, 6.07) is 13.6. The molecular formula is C21H17N5O. The number of likely N-dealkylation sites (N-methyl/N-ethyl adjacent to an activating group) is 1. The van der Waals surface area contributed by atoms with Crippen LogP contribution in [-0.2, 0) is 10.2 Å². The van der Waals surface area contributed by atoms with Crippen LogP contribution in [0.15, 0.2) is 47.2 Å². The van der Waals surface area contributed by atoms with Crippen molar-refractivity contribution in [3.05, 3.63) is 52.7 Å². The van der Waals surface area contributed by atoms with Gasteiger partial charge in [-0.05, 0) is 36.5 Å². The van der Waals surface area contributed by atoms with Crippen LogP contribution in [-0.4, -0.2) is 13.0 Å². The fraction of sp³-hybridized carbons (Fsp3) is 0.333. The molecule has 2 aliphatic carbocycles. The van der Waals surface area contributed by atoms with Crippen molar-refractivity contribution in [2.45, 2.75) is 24.7 Å². The Labute approximate surface area is 157 Å². The Balaban J connectivity index is 2.19. The summed E-state index contributed by atoms with van der Waals surface area (Å²) in [6.07, 6.45) is 4.02. The zero-order valence-electron chi connectivity index (χ0n) is 14.9. The maximum Gasteiger partial charge on any atom is 0.243 e. The molecule has 1 aromatic rings. The lowest BCUT2D eigenvalue weighted by atomic mass is 9.51. The number of carbonyl (C=O) groups is 1. The van der Waals surface area contributed by atoms with Crippen LogP contribution >= 0.6 is 0 Å². The zero-order valence-corrected chi connectivity index (χ0v) is 14.9. The van der Waals surface area contributed by atoms with E-state index in [4.69, 9.17) is 5.73 Å². The molecule has 0 bridgehead atoms. The standard InChI is InChI=1S/C21H17N5O/c1-26-17-9-5-4-8-15(17)21(19(26)27)14-7-3-2-6-13(14)20(11-23,12-24)18(25)16(21)10-22/h4-6,8-9,14H,2-3,7,25H2,1H3/t14-,21-/m1/s1. The number of nitriles is 3. The fourth-order valence-corrected chi connectivity index (χ4v) is 5.06. The number of rotatable bonds is 0. The normalized spacial score (nSPS) is 27.9. The Morgan fingerprint density at radius 2 is 1.93 bits per heavy atom. The Bertz CT molecular complexity index is 1050. The third-order valence-corrected chi connectivity index (χ3v) is 6.24. The van der Waals surface area contributed by atoms with Crippen LogP contribution in [0.1, 0.15) is 24.8 Å². The van der Waals surface area contributed by atoms with E-state index >= 15 is 0 Å². The topological polar surface area (TPSA) is 118 Å². The summed E-state index contributed by atoms with van der Waals surface area (Å²) in [5.41, 5.74) is 5.29. The lowest BCUT2D eigenvalue weighted by molar-refractivity contribution is -0.123. The van der Waals surface area contributed by atoms with Gasteiger partial charge in [0, 0.05) is 18.7 Å². The highest BCUT2D eigenvalue weighted by molar-refractivity contribution is 6.11. The summed E-state index contributed by atoms with van der Waals surface area (Å²) in [7, 11) is 1.68. The number of para-hydroxylation sites is 1. The molecule has 1 heterocycles. The van der Waals surface area contributed by atoms with Gasteiger partial charge in [-0.15, -0.1) is 0 Å². The van der Waals surface area contributed by atoms with Gasteiger partial charge in [-0.1, -0.05) is 24.3 Å². The molecule has 6 heteroatoms. The highest BCUT2D eigenvalue weighted by atomic mass is 16.2. The van der Waals surface area contributed by atoms with Crippen molar-refractivity contribution in [2.24, 2.45) is 17.1 Å². The average molecular weight is 355 g/mol. The SMILES string of the molecule is CN1C(=O)[C@@]2(C(C#N)=C(N)C(C#N)(C#N)C3=CCCC[C@H]32)c2ccccc21. The van der Waals surface area contributed by atoms with Gasteiger partial charge in [0.25, 0.3) is 0 Å². The van der Waals surface area contributed by atoms with Crippen molar-refractivity contribution in [2.75, 3.05) is 11.9 Å². The van der Waals surface area contributed by atoms with E-state index in [0.717, 1.165) is 17.7 Å². The van der Waals surface area contributed by atoms with Crippen LogP contribution in [0.5, 0.6) is 0 Å². The Hall–Kier alpha value is -3.56. The molecule has 2 atom stereocenters. The maximum absolute atomic E-state index is 13.6. The highest BCUT2D eigenvalue weighted by Gasteiger charge is 2.65. The lowest BCUT2D eigenvalue weighted by Crippen LogP contribution is -2.54. The Morgan fingerprint density at radius 1 is 1.22 bits per heavy atom. The molecule has 1 aromatic carbocycles. The van der Waals surface area contributed by atoms with Crippen molar-refractivity contribution in [1.29, 1.82) is 15.8 Å². The van der Waals surface area contributed by atoms with Gasteiger partial charge in [0.2, 0.25) is 11.3 Å². The van der Waals surface area contributed by atoms with Crippen molar-refractivity contribution in [1.82, 2.24) is 0 Å². The van der Waals surface area contributed by atoms with Crippen LogP contribution in [0.4, 0.5) is 5.69 Å². The number of anilines is 1. The summed E-state index contributed by atoms with van der Waals surface area (Å²) in [5, 5.41) is 29.8. The minimum atomic E-state index is -1.70. The quantitative estimate of drug-likeness (QED) is 0.717. The first-order valence-electron chi connectivity index (χ1n) is 8.82. The fourth-order valence-electron chi connectivity index (χ4n) is 5.06. The van der Waals surface area contributed by atoms with Crippen molar-refractivity contribution < 1.29 is 4.79 Å². The summed E-state index contributed by atoms with van der Waals surface area (Å²) >= 11 is 0. The van der Waals surface area contributed by atoms with Gasteiger partial charge in [-0.2, -0.15) is 15.8 Å². The van der Waals surface area contributed by atoms with E-state index in [1.807, 2.05) is 42.5 Å². The van der Waals surface area contributed by atoms with Gasteiger partial charge >= 0.3 is 0 Å². The zero-order chi connectivity index (χ0) is 19.4. The maximum atomic E-state index is 13.6. The second-order valence-corrected chi connectivity index (χ2v) is 7.21. The predicted molar refractivity (Wildman–Crippen MR) is 97.4 cm³/mol.